The Morgan fingerprint density at radius 2 is 1.57 bits per heavy atom. The van der Waals surface area contributed by atoms with Gasteiger partial charge in [0.25, 0.3) is 11.8 Å². The van der Waals surface area contributed by atoms with Crippen LogP contribution in [0.2, 0.25) is 0 Å². The SMILES string of the molecule is NC1=NC2(CCCCC2)N(c2ccc3c(c2)C(=O)N(C2CCCCC2)C3=O)C(N)=N1. The van der Waals surface area contributed by atoms with Crippen LogP contribution in [0.15, 0.2) is 28.2 Å². The number of rotatable bonds is 2. The zero-order chi connectivity index (χ0) is 20.9. The number of hydrogen-bond donors (Lipinski definition) is 2. The van der Waals surface area contributed by atoms with E-state index in [9.17, 15) is 9.59 Å². The maximum Gasteiger partial charge on any atom is 0.261 e. The quantitative estimate of drug-likeness (QED) is 0.730. The highest BCUT2D eigenvalue weighted by atomic mass is 16.2. The molecule has 2 fully saturated rings. The number of carbonyl (C=O) groups is 2. The van der Waals surface area contributed by atoms with Crippen molar-refractivity contribution >= 4 is 29.4 Å². The topological polar surface area (TPSA) is 117 Å². The van der Waals surface area contributed by atoms with E-state index in [4.69, 9.17) is 11.5 Å². The lowest BCUT2D eigenvalue weighted by Gasteiger charge is -2.45. The Kier molecular flexibility index (Phi) is 4.52. The third kappa shape index (κ3) is 2.88. The molecule has 4 aliphatic rings. The summed E-state index contributed by atoms with van der Waals surface area (Å²) in [6.45, 7) is 0. The molecule has 2 amide bonds. The number of amides is 2. The highest BCUT2D eigenvalue weighted by molar-refractivity contribution is 6.22. The number of guanidine groups is 2. The minimum absolute atomic E-state index is 0.00491. The second-order valence-corrected chi connectivity index (χ2v) is 8.82. The molecule has 0 bridgehead atoms. The van der Waals surface area contributed by atoms with E-state index in [-0.39, 0.29) is 29.8 Å². The van der Waals surface area contributed by atoms with Crippen LogP contribution in [0.25, 0.3) is 0 Å². The molecule has 0 unspecified atom stereocenters. The number of benzene rings is 1. The number of hydrogen-bond acceptors (Lipinski definition) is 7. The van der Waals surface area contributed by atoms with Crippen molar-refractivity contribution in [3.05, 3.63) is 29.3 Å². The van der Waals surface area contributed by atoms with Crippen molar-refractivity contribution in [1.82, 2.24) is 4.90 Å². The minimum atomic E-state index is -0.572. The van der Waals surface area contributed by atoms with Gasteiger partial charge in [0.15, 0.2) is 0 Å². The molecule has 1 aromatic rings. The molecule has 0 aromatic heterocycles. The van der Waals surface area contributed by atoms with Gasteiger partial charge in [0.05, 0.1) is 11.1 Å². The predicted molar refractivity (Wildman–Crippen MR) is 115 cm³/mol. The summed E-state index contributed by atoms with van der Waals surface area (Å²) in [5.41, 5.74) is 13.4. The number of anilines is 1. The minimum Gasteiger partial charge on any atom is -0.369 e. The number of carbonyl (C=O) groups excluding carboxylic acids is 2. The number of nitrogens with two attached hydrogens (primary N) is 2. The summed E-state index contributed by atoms with van der Waals surface area (Å²) in [7, 11) is 0. The van der Waals surface area contributed by atoms with Gasteiger partial charge in [0, 0.05) is 11.7 Å². The van der Waals surface area contributed by atoms with Crippen molar-refractivity contribution < 1.29 is 9.59 Å². The standard InChI is InChI=1S/C22H28N6O2/c23-20-25-21(24)28(22(26-20)11-5-2-6-12-22)15-9-10-16-17(13-15)19(30)27(18(16)29)14-7-3-1-4-8-14/h9-10,13-14H,1-8,11-12H2,(H4,23,24,25,26). The van der Waals surface area contributed by atoms with Gasteiger partial charge < -0.3 is 11.5 Å². The normalized spacial score (nSPS) is 24.1. The summed E-state index contributed by atoms with van der Waals surface area (Å²) in [6, 6.07) is 5.39. The summed E-state index contributed by atoms with van der Waals surface area (Å²) < 4.78 is 0. The fraction of sp³-hybridized carbons (Fsp3) is 0.545. The van der Waals surface area contributed by atoms with Crippen LogP contribution in [0.1, 0.15) is 84.9 Å². The molecule has 0 radical (unpaired) electrons. The molecule has 5 rings (SSSR count). The van der Waals surface area contributed by atoms with Crippen LogP contribution in [0.5, 0.6) is 0 Å². The average molecular weight is 409 g/mol. The molecule has 4 N–H and O–H groups in total. The molecule has 2 heterocycles. The van der Waals surface area contributed by atoms with E-state index in [2.05, 4.69) is 9.98 Å². The van der Waals surface area contributed by atoms with E-state index < -0.39 is 5.66 Å². The van der Waals surface area contributed by atoms with Gasteiger partial charge in [-0.25, -0.2) is 4.99 Å². The van der Waals surface area contributed by atoms with Crippen LogP contribution in [-0.4, -0.2) is 40.3 Å². The molecule has 0 atom stereocenters. The fourth-order valence-corrected chi connectivity index (χ4v) is 5.55. The zero-order valence-corrected chi connectivity index (χ0v) is 17.1. The van der Waals surface area contributed by atoms with Gasteiger partial charge in [-0.15, -0.1) is 0 Å². The molecular weight excluding hydrogens is 380 g/mol. The van der Waals surface area contributed by atoms with Gasteiger partial charge >= 0.3 is 0 Å². The molecule has 8 heteroatoms. The van der Waals surface area contributed by atoms with E-state index in [0.717, 1.165) is 63.5 Å². The Balaban J connectivity index is 1.52. The smallest absolute Gasteiger partial charge is 0.261 e. The van der Waals surface area contributed by atoms with Crippen molar-refractivity contribution in [3.63, 3.8) is 0 Å². The predicted octanol–water partition coefficient (Wildman–Crippen LogP) is 2.73. The van der Waals surface area contributed by atoms with Gasteiger partial charge in [0.2, 0.25) is 11.9 Å². The molecule has 8 nitrogen and oxygen atoms in total. The Morgan fingerprint density at radius 3 is 2.30 bits per heavy atom. The van der Waals surface area contributed by atoms with Crippen molar-refractivity contribution in [2.24, 2.45) is 21.5 Å². The first-order valence-electron chi connectivity index (χ1n) is 11.0. The van der Waals surface area contributed by atoms with Crippen LogP contribution >= 0.6 is 0 Å². The molecule has 1 aromatic carbocycles. The van der Waals surface area contributed by atoms with Crippen LogP contribution in [0.4, 0.5) is 5.69 Å². The van der Waals surface area contributed by atoms with Gasteiger partial charge in [-0.3, -0.25) is 19.4 Å². The lowest BCUT2D eigenvalue weighted by atomic mass is 9.87. The van der Waals surface area contributed by atoms with Crippen LogP contribution < -0.4 is 16.4 Å². The first-order valence-corrected chi connectivity index (χ1v) is 11.0. The molecule has 2 aliphatic carbocycles. The zero-order valence-electron chi connectivity index (χ0n) is 17.1. The lowest BCUT2D eigenvalue weighted by Crippen LogP contribution is -2.58. The highest BCUT2D eigenvalue weighted by Crippen LogP contribution is 2.41. The Bertz CT molecular complexity index is 956. The lowest BCUT2D eigenvalue weighted by molar-refractivity contribution is 0.0549. The monoisotopic (exact) mass is 408 g/mol. The largest absolute Gasteiger partial charge is 0.369 e. The summed E-state index contributed by atoms with van der Waals surface area (Å²) in [5.74, 6) is 0.104. The number of aliphatic imine (C=N–C) groups is 2. The van der Waals surface area contributed by atoms with Gasteiger partial charge in [-0.1, -0.05) is 25.7 Å². The number of nitrogens with zero attached hydrogens (tertiary/aromatic N) is 4. The highest BCUT2D eigenvalue weighted by Gasteiger charge is 2.45. The summed E-state index contributed by atoms with van der Waals surface area (Å²) >= 11 is 0. The number of imide groups is 1. The van der Waals surface area contributed by atoms with Crippen molar-refractivity contribution in [2.45, 2.75) is 75.9 Å². The Hall–Kier alpha value is -2.90. The second kappa shape index (κ2) is 7.11. The summed E-state index contributed by atoms with van der Waals surface area (Å²) in [4.78, 5) is 38.5. The van der Waals surface area contributed by atoms with E-state index in [1.54, 1.807) is 12.1 Å². The van der Waals surface area contributed by atoms with Crippen LogP contribution in [0.3, 0.4) is 0 Å². The average Bonchev–Trinajstić information content (AvgIpc) is 2.98. The van der Waals surface area contributed by atoms with Crippen molar-refractivity contribution in [1.29, 1.82) is 0 Å². The van der Waals surface area contributed by atoms with E-state index >= 15 is 0 Å². The van der Waals surface area contributed by atoms with Crippen molar-refractivity contribution in [2.75, 3.05) is 4.90 Å². The van der Waals surface area contributed by atoms with Crippen molar-refractivity contribution in [3.8, 4) is 0 Å². The third-order valence-electron chi connectivity index (χ3n) is 6.95. The molecule has 158 valence electrons. The molecular formula is C22H28N6O2. The van der Waals surface area contributed by atoms with Gasteiger partial charge in [0.1, 0.15) is 5.66 Å². The van der Waals surface area contributed by atoms with Crippen LogP contribution in [-0.2, 0) is 0 Å². The molecule has 1 spiro atoms. The first-order chi connectivity index (χ1) is 14.5. The van der Waals surface area contributed by atoms with E-state index in [1.165, 1.54) is 11.3 Å². The van der Waals surface area contributed by atoms with Crippen LogP contribution in [0, 0.1) is 0 Å². The maximum atomic E-state index is 13.2. The molecule has 0 saturated heterocycles. The summed E-state index contributed by atoms with van der Waals surface area (Å²) in [6.07, 6.45) is 9.92. The first kappa shape index (κ1) is 19.1. The Morgan fingerprint density at radius 1 is 0.900 bits per heavy atom. The molecule has 2 aliphatic heterocycles. The summed E-state index contributed by atoms with van der Waals surface area (Å²) in [5, 5.41) is 0. The van der Waals surface area contributed by atoms with E-state index in [1.807, 2.05) is 11.0 Å². The Labute approximate surface area is 176 Å². The van der Waals surface area contributed by atoms with Gasteiger partial charge in [-0.2, -0.15) is 4.99 Å². The third-order valence-corrected chi connectivity index (χ3v) is 6.95. The molecule has 2 saturated carbocycles. The van der Waals surface area contributed by atoms with E-state index in [0.29, 0.717) is 11.1 Å². The maximum absolute atomic E-state index is 13.2. The van der Waals surface area contributed by atoms with Gasteiger partial charge in [-0.05, 0) is 56.7 Å². The number of fused-ring (bicyclic) bond motifs is 1. The fourth-order valence-electron chi connectivity index (χ4n) is 5.55. The second-order valence-electron chi connectivity index (χ2n) is 8.82. The molecule has 30 heavy (non-hydrogen) atoms.